The molecular formula is C23H20ClN3O3. The number of nitrogens with zero attached hydrogens (tertiary/aromatic N) is 3. The highest BCUT2D eigenvalue weighted by Gasteiger charge is 2.28. The van der Waals surface area contributed by atoms with Crippen molar-refractivity contribution in [1.29, 1.82) is 0 Å². The van der Waals surface area contributed by atoms with Crippen molar-refractivity contribution >= 4 is 17.6 Å². The van der Waals surface area contributed by atoms with Crippen molar-refractivity contribution in [1.82, 2.24) is 14.5 Å². The van der Waals surface area contributed by atoms with Gasteiger partial charge >= 0.3 is 12.0 Å². The van der Waals surface area contributed by atoms with Gasteiger partial charge in [0.25, 0.3) is 0 Å². The molecule has 152 valence electrons. The number of hydrogen-bond acceptors (Lipinski definition) is 5. The van der Waals surface area contributed by atoms with Crippen LogP contribution in [-0.2, 0) is 16.1 Å². The first-order valence-corrected chi connectivity index (χ1v) is 9.88. The van der Waals surface area contributed by atoms with Crippen molar-refractivity contribution < 1.29 is 13.9 Å². The van der Waals surface area contributed by atoms with Crippen LogP contribution in [0.1, 0.15) is 30.0 Å². The highest BCUT2D eigenvalue weighted by Crippen LogP contribution is 2.33. The summed E-state index contributed by atoms with van der Waals surface area (Å²) < 4.78 is 13.3. The van der Waals surface area contributed by atoms with E-state index in [2.05, 4.69) is 9.97 Å². The van der Waals surface area contributed by atoms with Gasteiger partial charge < -0.3 is 9.15 Å². The summed E-state index contributed by atoms with van der Waals surface area (Å²) in [5.41, 5.74) is 2.28. The molecular weight excluding hydrogens is 402 g/mol. The van der Waals surface area contributed by atoms with Crippen LogP contribution in [0.15, 0.2) is 71.4 Å². The molecule has 2 aromatic carbocycles. The molecule has 0 aliphatic rings. The number of esters is 1. The van der Waals surface area contributed by atoms with Gasteiger partial charge in [-0.15, -0.1) is 0 Å². The zero-order valence-electron chi connectivity index (χ0n) is 16.6. The van der Waals surface area contributed by atoms with E-state index in [0.29, 0.717) is 22.5 Å². The standard InChI is InChI=1S/C23H20ClN3O3/c1-15(22(28)29-14-17-6-4-3-5-7-17)21-20(18-8-10-19(24)11-9-18)26-23(30-21)27-13-12-25-16(27)2/h3-13,15H,14H2,1-2H3. The van der Waals surface area contributed by atoms with Crippen LogP contribution >= 0.6 is 11.6 Å². The van der Waals surface area contributed by atoms with Gasteiger partial charge in [-0.1, -0.05) is 54.1 Å². The summed E-state index contributed by atoms with van der Waals surface area (Å²) in [5, 5.41) is 0.616. The van der Waals surface area contributed by atoms with E-state index in [1.165, 1.54) is 0 Å². The van der Waals surface area contributed by atoms with E-state index in [4.69, 9.17) is 20.8 Å². The topological polar surface area (TPSA) is 70.2 Å². The molecule has 2 heterocycles. The lowest BCUT2D eigenvalue weighted by atomic mass is 10.0. The molecule has 0 bridgehead atoms. The summed E-state index contributed by atoms with van der Waals surface area (Å²) in [5.74, 6) is 0.117. The van der Waals surface area contributed by atoms with Gasteiger partial charge in [0.05, 0.1) is 0 Å². The largest absolute Gasteiger partial charge is 0.460 e. The van der Waals surface area contributed by atoms with Crippen molar-refractivity contribution in [3.63, 3.8) is 0 Å². The molecule has 0 fully saturated rings. The van der Waals surface area contributed by atoms with E-state index in [0.717, 1.165) is 17.0 Å². The van der Waals surface area contributed by atoms with Crippen LogP contribution in [0.25, 0.3) is 17.3 Å². The zero-order valence-corrected chi connectivity index (χ0v) is 17.3. The molecule has 0 spiro atoms. The lowest BCUT2D eigenvalue weighted by Crippen LogP contribution is -2.13. The average molecular weight is 422 g/mol. The number of carbonyl (C=O) groups excluding carboxylic acids is 1. The maximum Gasteiger partial charge on any atom is 0.316 e. The summed E-state index contributed by atoms with van der Waals surface area (Å²) in [6.45, 7) is 3.79. The molecule has 6 nitrogen and oxygen atoms in total. The molecule has 2 aromatic heterocycles. The molecule has 1 atom stereocenters. The fraction of sp³-hybridized carbons (Fsp3) is 0.174. The molecule has 30 heavy (non-hydrogen) atoms. The Balaban J connectivity index is 1.66. The molecule has 7 heteroatoms. The first-order chi connectivity index (χ1) is 14.5. The second-order valence-electron chi connectivity index (χ2n) is 6.88. The molecule has 0 radical (unpaired) electrons. The third-order valence-electron chi connectivity index (χ3n) is 4.76. The number of hydrogen-bond donors (Lipinski definition) is 0. The number of aromatic nitrogens is 3. The van der Waals surface area contributed by atoms with Crippen molar-refractivity contribution in [2.75, 3.05) is 0 Å². The Morgan fingerprint density at radius 1 is 1.17 bits per heavy atom. The average Bonchev–Trinajstić information content (AvgIpc) is 3.39. The van der Waals surface area contributed by atoms with Gasteiger partial charge in [0.15, 0.2) is 0 Å². The Kier molecular flexibility index (Phi) is 5.68. The lowest BCUT2D eigenvalue weighted by molar-refractivity contribution is -0.146. The smallest absolute Gasteiger partial charge is 0.316 e. The fourth-order valence-electron chi connectivity index (χ4n) is 3.07. The molecule has 0 saturated heterocycles. The number of ether oxygens (including phenoxy) is 1. The van der Waals surface area contributed by atoms with Crippen molar-refractivity contribution in [2.24, 2.45) is 0 Å². The van der Waals surface area contributed by atoms with Gasteiger partial charge in [0.2, 0.25) is 0 Å². The van der Waals surface area contributed by atoms with Crippen LogP contribution in [-0.4, -0.2) is 20.5 Å². The summed E-state index contributed by atoms with van der Waals surface area (Å²) in [6.07, 6.45) is 3.42. The number of aryl methyl sites for hydroxylation is 1. The molecule has 0 aliphatic carbocycles. The maximum atomic E-state index is 12.8. The Bertz CT molecular complexity index is 1150. The number of oxazole rings is 1. The first-order valence-electron chi connectivity index (χ1n) is 9.50. The number of imidazole rings is 1. The minimum atomic E-state index is -0.649. The Hall–Kier alpha value is -3.38. The summed E-state index contributed by atoms with van der Waals surface area (Å²) in [4.78, 5) is 21.6. The highest BCUT2D eigenvalue weighted by atomic mass is 35.5. The summed E-state index contributed by atoms with van der Waals surface area (Å²) in [7, 11) is 0. The van der Waals surface area contributed by atoms with Crippen molar-refractivity contribution in [2.45, 2.75) is 26.4 Å². The predicted octanol–water partition coefficient (Wildman–Crippen LogP) is 5.34. The Labute approximate surface area is 179 Å². The minimum absolute atomic E-state index is 0.196. The lowest BCUT2D eigenvalue weighted by Gasteiger charge is -2.11. The van der Waals surface area contributed by atoms with E-state index in [9.17, 15) is 4.79 Å². The van der Waals surface area contributed by atoms with Crippen molar-refractivity contribution in [3.05, 3.63) is 89.2 Å². The van der Waals surface area contributed by atoms with Gasteiger partial charge in [-0.05, 0) is 31.5 Å². The summed E-state index contributed by atoms with van der Waals surface area (Å²) in [6, 6.07) is 17.1. The van der Waals surface area contributed by atoms with E-state index in [-0.39, 0.29) is 12.6 Å². The van der Waals surface area contributed by atoms with E-state index >= 15 is 0 Å². The summed E-state index contributed by atoms with van der Waals surface area (Å²) >= 11 is 6.03. The van der Waals surface area contributed by atoms with Crippen LogP contribution in [0.5, 0.6) is 0 Å². The Morgan fingerprint density at radius 2 is 1.90 bits per heavy atom. The second-order valence-corrected chi connectivity index (χ2v) is 7.31. The van der Waals surface area contributed by atoms with Gasteiger partial charge in [-0.25, -0.2) is 4.98 Å². The number of halogens is 1. The van der Waals surface area contributed by atoms with Crippen LogP contribution in [0.2, 0.25) is 5.02 Å². The first kappa shape index (κ1) is 19.9. The van der Waals surface area contributed by atoms with Crippen LogP contribution in [0.3, 0.4) is 0 Å². The monoisotopic (exact) mass is 421 g/mol. The van der Waals surface area contributed by atoms with Crippen LogP contribution in [0, 0.1) is 6.92 Å². The number of rotatable bonds is 6. The molecule has 4 rings (SSSR count). The molecule has 0 N–H and O–H groups in total. The van der Waals surface area contributed by atoms with Gasteiger partial charge in [-0.3, -0.25) is 9.36 Å². The highest BCUT2D eigenvalue weighted by molar-refractivity contribution is 6.30. The van der Waals surface area contributed by atoms with Crippen LogP contribution < -0.4 is 0 Å². The van der Waals surface area contributed by atoms with Gasteiger partial charge in [0, 0.05) is 23.0 Å². The van der Waals surface area contributed by atoms with Crippen LogP contribution in [0.4, 0.5) is 0 Å². The van der Waals surface area contributed by atoms with E-state index < -0.39 is 5.92 Å². The third kappa shape index (κ3) is 4.14. The Morgan fingerprint density at radius 3 is 2.57 bits per heavy atom. The SMILES string of the molecule is Cc1nccn1-c1nc(-c2ccc(Cl)cc2)c(C(C)C(=O)OCc2ccccc2)o1. The van der Waals surface area contributed by atoms with Gasteiger partial charge in [0.1, 0.15) is 29.8 Å². The van der Waals surface area contributed by atoms with E-state index in [1.54, 1.807) is 36.0 Å². The minimum Gasteiger partial charge on any atom is -0.460 e. The third-order valence-corrected chi connectivity index (χ3v) is 5.01. The molecule has 0 aliphatic heterocycles. The maximum absolute atomic E-state index is 12.8. The number of carbonyl (C=O) groups is 1. The van der Waals surface area contributed by atoms with Gasteiger partial charge in [-0.2, -0.15) is 4.98 Å². The molecule has 0 saturated carbocycles. The zero-order chi connectivity index (χ0) is 21.1. The van der Waals surface area contributed by atoms with Crippen molar-refractivity contribution in [3.8, 4) is 17.3 Å². The molecule has 4 aromatic rings. The molecule has 0 amide bonds. The van der Waals surface area contributed by atoms with E-state index in [1.807, 2.05) is 49.4 Å². The number of benzene rings is 2. The normalized spacial score (nSPS) is 12.0. The second kappa shape index (κ2) is 8.55. The quantitative estimate of drug-likeness (QED) is 0.393. The molecule has 1 unspecified atom stereocenters. The fourth-order valence-corrected chi connectivity index (χ4v) is 3.20. The predicted molar refractivity (Wildman–Crippen MR) is 113 cm³/mol.